The van der Waals surface area contributed by atoms with Crippen molar-refractivity contribution in [2.75, 3.05) is 0 Å². The lowest BCUT2D eigenvalue weighted by Crippen LogP contribution is -2.32. The van der Waals surface area contributed by atoms with Crippen molar-refractivity contribution < 1.29 is 9.90 Å². The molecule has 1 unspecified atom stereocenters. The van der Waals surface area contributed by atoms with Gasteiger partial charge in [-0.25, -0.2) is 4.98 Å². The van der Waals surface area contributed by atoms with Crippen molar-refractivity contribution >= 4 is 5.97 Å². The lowest BCUT2D eigenvalue weighted by Gasteiger charge is -2.02. The fourth-order valence-corrected chi connectivity index (χ4v) is 1.30. The third-order valence-electron chi connectivity index (χ3n) is 2.21. The minimum atomic E-state index is -0.986. The number of rotatable bonds is 6. The van der Waals surface area contributed by atoms with Crippen molar-refractivity contribution in [1.82, 2.24) is 9.97 Å². The Morgan fingerprint density at radius 2 is 2.47 bits per heavy atom. The van der Waals surface area contributed by atoms with Gasteiger partial charge in [0.25, 0.3) is 0 Å². The number of hydrogen-bond acceptors (Lipinski definition) is 3. The van der Waals surface area contributed by atoms with Gasteiger partial charge in [0.2, 0.25) is 0 Å². The van der Waals surface area contributed by atoms with Crippen molar-refractivity contribution in [3.05, 3.63) is 17.7 Å². The van der Waals surface area contributed by atoms with Crippen LogP contribution in [0.15, 0.2) is 6.20 Å². The first-order valence-electron chi connectivity index (χ1n) is 5.14. The maximum atomic E-state index is 10.5. The first kappa shape index (κ1) is 11.7. The quantitative estimate of drug-likeness (QED) is 0.646. The van der Waals surface area contributed by atoms with Crippen LogP contribution in [0.4, 0.5) is 0 Å². The second-order valence-corrected chi connectivity index (χ2v) is 3.61. The second kappa shape index (κ2) is 5.50. The number of unbranched alkanes of at least 4 members (excludes halogenated alkanes) is 1. The zero-order valence-electron chi connectivity index (χ0n) is 8.86. The molecular weight excluding hydrogens is 194 g/mol. The van der Waals surface area contributed by atoms with Crippen molar-refractivity contribution in [2.45, 2.75) is 38.6 Å². The fourth-order valence-electron chi connectivity index (χ4n) is 1.30. The molecule has 0 bridgehead atoms. The SMILES string of the molecule is CCCCc1ncc(CC(N)C(=O)O)[nH]1. The van der Waals surface area contributed by atoms with Crippen LogP contribution < -0.4 is 5.73 Å². The summed E-state index contributed by atoms with van der Waals surface area (Å²) in [6.45, 7) is 2.12. The highest BCUT2D eigenvalue weighted by Gasteiger charge is 2.13. The first-order chi connectivity index (χ1) is 7.13. The van der Waals surface area contributed by atoms with Gasteiger partial charge in [-0.15, -0.1) is 0 Å². The van der Waals surface area contributed by atoms with E-state index in [1.807, 2.05) is 0 Å². The molecule has 15 heavy (non-hydrogen) atoms. The first-order valence-corrected chi connectivity index (χ1v) is 5.14. The molecule has 0 fully saturated rings. The van der Waals surface area contributed by atoms with E-state index in [-0.39, 0.29) is 0 Å². The van der Waals surface area contributed by atoms with Crippen LogP contribution in [0.5, 0.6) is 0 Å². The maximum Gasteiger partial charge on any atom is 0.320 e. The molecule has 1 aromatic heterocycles. The third kappa shape index (κ3) is 3.71. The number of hydrogen-bond donors (Lipinski definition) is 3. The molecule has 0 aromatic carbocycles. The monoisotopic (exact) mass is 211 g/mol. The van der Waals surface area contributed by atoms with Crippen molar-refractivity contribution in [2.24, 2.45) is 5.73 Å². The summed E-state index contributed by atoms with van der Waals surface area (Å²) in [4.78, 5) is 17.8. The van der Waals surface area contributed by atoms with Crippen LogP contribution in [0.2, 0.25) is 0 Å². The molecule has 0 radical (unpaired) electrons. The summed E-state index contributed by atoms with van der Waals surface area (Å²) in [6.07, 6.45) is 5.06. The lowest BCUT2D eigenvalue weighted by atomic mass is 10.2. The number of aromatic nitrogens is 2. The number of carbonyl (C=O) groups is 1. The average Bonchev–Trinajstić information content (AvgIpc) is 2.62. The largest absolute Gasteiger partial charge is 0.480 e. The number of aliphatic carboxylic acids is 1. The molecule has 0 saturated carbocycles. The predicted octanol–water partition coefficient (Wildman–Crippen LogP) is 0.707. The van der Waals surface area contributed by atoms with Crippen LogP contribution in [0, 0.1) is 0 Å². The Hall–Kier alpha value is -1.36. The molecule has 5 nitrogen and oxygen atoms in total. The van der Waals surface area contributed by atoms with Crippen LogP contribution in [0.1, 0.15) is 31.3 Å². The van der Waals surface area contributed by atoms with Gasteiger partial charge in [0.05, 0.1) is 0 Å². The summed E-state index contributed by atoms with van der Waals surface area (Å²) in [5, 5.41) is 8.63. The molecule has 0 aliphatic heterocycles. The van der Waals surface area contributed by atoms with Gasteiger partial charge in [-0.1, -0.05) is 13.3 Å². The number of aromatic amines is 1. The number of carboxylic acid groups (broad SMARTS) is 1. The zero-order chi connectivity index (χ0) is 11.3. The molecule has 0 saturated heterocycles. The minimum absolute atomic E-state index is 0.300. The van der Waals surface area contributed by atoms with Crippen molar-refractivity contribution in [3.8, 4) is 0 Å². The summed E-state index contributed by atoms with van der Waals surface area (Å²) in [7, 11) is 0. The van der Waals surface area contributed by atoms with Gasteiger partial charge < -0.3 is 15.8 Å². The van der Waals surface area contributed by atoms with E-state index in [0.717, 1.165) is 30.8 Å². The van der Waals surface area contributed by atoms with Gasteiger partial charge in [-0.3, -0.25) is 4.79 Å². The normalized spacial score (nSPS) is 12.7. The Bertz CT molecular complexity index is 322. The number of carboxylic acids is 1. The molecule has 1 aromatic rings. The highest BCUT2D eigenvalue weighted by atomic mass is 16.4. The van der Waals surface area contributed by atoms with E-state index in [0.29, 0.717) is 6.42 Å². The molecule has 0 aliphatic rings. The molecule has 5 heteroatoms. The third-order valence-corrected chi connectivity index (χ3v) is 2.21. The minimum Gasteiger partial charge on any atom is -0.480 e. The fraction of sp³-hybridized carbons (Fsp3) is 0.600. The van der Waals surface area contributed by atoms with Gasteiger partial charge in [0.15, 0.2) is 0 Å². The lowest BCUT2D eigenvalue weighted by molar-refractivity contribution is -0.138. The molecule has 0 spiro atoms. The van der Waals surface area contributed by atoms with Gasteiger partial charge in [0, 0.05) is 24.7 Å². The van der Waals surface area contributed by atoms with Crippen LogP contribution in [-0.2, 0) is 17.6 Å². The number of H-pyrrole nitrogens is 1. The Balaban J connectivity index is 2.49. The zero-order valence-corrected chi connectivity index (χ0v) is 8.86. The molecule has 1 atom stereocenters. The van der Waals surface area contributed by atoms with Gasteiger partial charge in [0.1, 0.15) is 11.9 Å². The van der Waals surface area contributed by atoms with E-state index < -0.39 is 12.0 Å². The Kier molecular flexibility index (Phi) is 4.30. The molecule has 1 rings (SSSR count). The van der Waals surface area contributed by atoms with E-state index in [1.54, 1.807) is 6.20 Å². The topological polar surface area (TPSA) is 92.0 Å². The molecule has 4 N–H and O–H groups in total. The van der Waals surface area contributed by atoms with Crippen LogP contribution in [0.25, 0.3) is 0 Å². The number of nitrogens with two attached hydrogens (primary N) is 1. The molecular formula is C10H17N3O2. The maximum absolute atomic E-state index is 10.5. The highest BCUT2D eigenvalue weighted by Crippen LogP contribution is 2.04. The van der Waals surface area contributed by atoms with Gasteiger partial charge >= 0.3 is 5.97 Å². The van der Waals surface area contributed by atoms with Crippen LogP contribution in [-0.4, -0.2) is 27.1 Å². The summed E-state index contributed by atoms with van der Waals surface area (Å²) in [5.74, 6) is -0.0795. The molecule has 0 amide bonds. The van der Waals surface area contributed by atoms with Gasteiger partial charge in [-0.05, 0) is 6.42 Å². The number of nitrogens with zero attached hydrogens (tertiary/aromatic N) is 1. The van der Waals surface area contributed by atoms with E-state index in [1.165, 1.54) is 0 Å². The smallest absolute Gasteiger partial charge is 0.320 e. The Labute approximate surface area is 88.7 Å². The van der Waals surface area contributed by atoms with E-state index >= 15 is 0 Å². The predicted molar refractivity (Wildman–Crippen MR) is 56.5 cm³/mol. The van der Waals surface area contributed by atoms with E-state index in [9.17, 15) is 4.79 Å². The molecule has 84 valence electrons. The van der Waals surface area contributed by atoms with Crippen LogP contribution in [0.3, 0.4) is 0 Å². The van der Waals surface area contributed by atoms with E-state index in [2.05, 4.69) is 16.9 Å². The van der Waals surface area contributed by atoms with Crippen molar-refractivity contribution in [3.63, 3.8) is 0 Å². The average molecular weight is 211 g/mol. The summed E-state index contributed by atoms with van der Waals surface area (Å²) in [5.41, 5.74) is 6.20. The van der Waals surface area contributed by atoms with Crippen molar-refractivity contribution in [1.29, 1.82) is 0 Å². The Morgan fingerprint density at radius 3 is 3.07 bits per heavy atom. The second-order valence-electron chi connectivity index (χ2n) is 3.61. The summed E-state index contributed by atoms with van der Waals surface area (Å²) in [6, 6.07) is -0.857. The van der Waals surface area contributed by atoms with E-state index in [4.69, 9.17) is 10.8 Å². The molecule has 1 heterocycles. The number of nitrogens with one attached hydrogen (secondary N) is 1. The van der Waals surface area contributed by atoms with Crippen LogP contribution >= 0.6 is 0 Å². The van der Waals surface area contributed by atoms with Gasteiger partial charge in [-0.2, -0.15) is 0 Å². The molecule has 0 aliphatic carbocycles. The number of imidazole rings is 1. The highest BCUT2D eigenvalue weighted by molar-refractivity contribution is 5.73. The summed E-state index contributed by atoms with van der Waals surface area (Å²) >= 11 is 0. The Morgan fingerprint density at radius 1 is 1.73 bits per heavy atom. The number of aryl methyl sites for hydroxylation is 1. The summed E-state index contributed by atoms with van der Waals surface area (Å²) < 4.78 is 0. The standard InChI is InChI=1S/C10H17N3O2/c1-2-3-4-9-12-6-7(13-9)5-8(11)10(14)15/h6,8H,2-5,11H2,1H3,(H,12,13)(H,14,15).